The highest BCUT2D eigenvalue weighted by molar-refractivity contribution is 7.11. The second kappa shape index (κ2) is 5.78. The molecule has 1 saturated carbocycles. The van der Waals surface area contributed by atoms with Gasteiger partial charge < -0.3 is 5.32 Å². The van der Waals surface area contributed by atoms with Crippen LogP contribution < -0.4 is 5.32 Å². The maximum Gasteiger partial charge on any atom is 0.0931 e. The minimum Gasteiger partial charge on any atom is -0.309 e. The van der Waals surface area contributed by atoms with Crippen molar-refractivity contribution in [1.82, 2.24) is 10.3 Å². The van der Waals surface area contributed by atoms with E-state index in [1.807, 2.05) is 11.3 Å². The molecule has 1 aromatic rings. The van der Waals surface area contributed by atoms with Crippen LogP contribution in [0.1, 0.15) is 55.1 Å². The first kappa shape index (κ1) is 12.1. The highest BCUT2D eigenvalue weighted by Gasteiger charge is 2.21. The van der Waals surface area contributed by atoms with Crippen LogP contribution in [0.4, 0.5) is 0 Å². The summed E-state index contributed by atoms with van der Waals surface area (Å²) >= 11 is 1.92. The molecule has 2 rings (SSSR count). The fraction of sp³-hybridized carbons (Fsp3) is 0.769. The fourth-order valence-electron chi connectivity index (χ4n) is 1.85. The van der Waals surface area contributed by atoms with Crippen LogP contribution in [-0.2, 0) is 19.4 Å². The van der Waals surface area contributed by atoms with Crippen molar-refractivity contribution in [3.8, 4) is 0 Å². The van der Waals surface area contributed by atoms with Crippen LogP contribution in [0.25, 0.3) is 0 Å². The summed E-state index contributed by atoms with van der Waals surface area (Å²) in [5.41, 5.74) is 1.35. The summed E-state index contributed by atoms with van der Waals surface area (Å²) in [4.78, 5) is 6.25. The average molecular weight is 238 g/mol. The Balaban J connectivity index is 1.99. The Labute approximate surface area is 102 Å². The Bertz CT molecular complexity index is 329. The lowest BCUT2D eigenvalue weighted by molar-refractivity contribution is 0.686. The van der Waals surface area contributed by atoms with Crippen molar-refractivity contribution in [2.45, 2.75) is 65.0 Å². The zero-order valence-corrected chi connectivity index (χ0v) is 11.2. The van der Waals surface area contributed by atoms with Gasteiger partial charge in [0.2, 0.25) is 0 Å². The van der Waals surface area contributed by atoms with E-state index in [4.69, 9.17) is 4.98 Å². The number of rotatable bonds is 7. The molecule has 90 valence electrons. The molecule has 0 atom stereocenters. The van der Waals surface area contributed by atoms with Crippen molar-refractivity contribution in [2.24, 2.45) is 0 Å². The summed E-state index contributed by atoms with van der Waals surface area (Å²) in [6.45, 7) is 5.50. The van der Waals surface area contributed by atoms with Gasteiger partial charge in [0.25, 0.3) is 0 Å². The minimum absolute atomic E-state index is 0.797. The van der Waals surface area contributed by atoms with Gasteiger partial charge in [-0.15, -0.1) is 11.3 Å². The maximum absolute atomic E-state index is 4.77. The molecule has 0 aromatic carbocycles. The predicted octanol–water partition coefficient (Wildman–Crippen LogP) is 3.30. The van der Waals surface area contributed by atoms with Crippen LogP contribution in [-0.4, -0.2) is 11.0 Å². The smallest absolute Gasteiger partial charge is 0.0931 e. The van der Waals surface area contributed by atoms with Gasteiger partial charge >= 0.3 is 0 Å². The number of hydrogen-bond acceptors (Lipinski definition) is 3. The number of nitrogens with one attached hydrogen (secondary N) is 1. The third-order valence-corrected chi connectivity index (χ3v) is 4.06. The number of nitrogens with zero attached hydrogens (tertiary/aromatic N) is 1. The molecule has 1 aliphatic carbocycles. The fourth-order valence-corrected chi connectivity index (χ4v) is 3.02. The topological polar surface area (TPSA) is 24.9 Å². The molecule has 16 heavy (non-hydrogen) atoms. The Morgan fingerprint density at radius 1 is 1.25 bits per heavy atom. The van der Waals surface area contributed by atoms with E-state index in [0.29, 0.717) is 0 Å². The van der Waals surface area contributed by atoms with Crippen molar-refractivity contribution in [3.63, 3.8) is 0 Å². The molecule has 0 unspecified atom stereocenters. The van der Waals surface area contributed by atoms with E-state index in [1.165, 1.54) is 41.3 Å². The molecule has 3 heteroatoms. The lowest BCUT2D eigenvalue weighted by Crippen LogP contribution is -2.15. The summed E-state index contributed by atoms with van der Waals surface area (Å²) < 4.78 is 0. The van der Waals surface area contributed by atoms with Gasteiger partial charge in [0.1, 0.15) is 0 Å². The molecule has 1 heterocycles. The molecule has 1 N–H and O–H groups in total. The number of aryl methyl sites for hydroxylation is 2. The van der Waals surface area contributed by atoms with Crippen LogP contribution in [0.15, 0.2) is 0 Å². The quantitative estimate of drug-likeness (QED) is 0.788. The molecular weight excluding hydrogens is 216 g/mol. The van der Waals surface area contributed by atoms with E-state index < -0.39 is 0 Å². The van der Waals surface area contributed by atoms with E-state index in [1.54, 1.807) is 0 Å². The number of aromatic nitrogens is 1. The lowest BCUT2D eigenvalue weighted by atomic mass is 10.2. The van der Waals surface area contributed by atoms with Crippen molar-refractivity contribution < 1.29 is 0 Å². The monoisotopic (exact) mass is 238 g/mol. The van der Waals surface area contributed by atoms with E-state index >= 15 is 0 Å². The average Bonchev–Trinajstić information content (AvgIpc) is 3.01. The Kier molecular flexibility index (Phi) is 4.36. The van der Waals surface area contributed by atoms with E-state index in [-0.39, 0.29) is 0 Å². The maximum atomic E-state index is 4.77. The molecule has 1 fully saturated rings. The molecule has 0 radical (unpaired) electrons. The molecular formula is C13H22N2S. The van der Waals surface area contributed by atoms with Gasteiger partial charge in [-0.05, 0) is 32.1 Å². The summed E-state index contributed by atoms with van der Waals surface area (Å²) in [5.74, 6) is 0. The number of hydrogen-bond donors (Lipinski definition) is 1. The lowest BCUT2D eigenvalue weighted by Gasteiger charge is -2.01. The molecule has 1 aliphatic rings. The normalized spacial score (nSPS) is 15.6. The molecule has 0 amide bonds. The Hall–Kier alpha value is -0.410. The second-order valence-corrected chi connectivity index (χ2v) is 5.80. The first-order valence-electron chi connectivity index (χ1n) is 6.54. The SMILES string of the molecule is CCCc1nc(CCC)c(CNC2CC2)s1. The Morgan fingerprint density at radius 2 is 2.00 bits per heavy atom. The summed E-state index contributed by atoms with van der Waals surface area (Å²) in [7, 11) is 0. The van der Waals surface area contributed by atoms with Gasteiger partial charge in [-0.1, -0.05) is 20.3 Å². The van der Waals surface area contributed by atoms with Gasteiger partial charge in [0, 0.05) is 17.5 Å². The molecule has 0 aliphatic heterocycles. The minimum atomic E-state index is 0.797. The van der Waals surface area contributed by atoms with Crippen LogP contribution in [0.2, 0.25) is 0 Å². The predicted molar refractivity (Wildman–Crippen MR) is 70.0 cm³/mol. The van der Waals surface area contributed by atoms with Crippen LogP contribution in [0.5, 0.6) is 0 Å². The van der Waals surface area contributed by atoms with Crippen molar-refractivity contribution in [3.05, 3.63) is 15.6 Å². The van der Waals surface area contributed by atoms with Crippen LogP contribution in [0, 0.1) is 0 Å². The van der Waals surface area contributed by atoms with Crippen molar-refractivity contribution >= 4 is 11.3 Å². The third-order valence-electron chi connectivity index (χ3n) is 2.90. The summed E-state index contributed by atoms with van der Waals surface area (Å²) in [6, 6.07) is 0.797. The van der Waals surface area contributed by atoms with E-state index in [2.05, 4.69) is 19.2 Å². The van der Waals surface area contributed by atoms with Crippen LogP contribution >= 0.6 is 11.3 Å². The zero-order valence-electron chi connectivity index (χ0n) is 10.4. The summed E-state index contributed by atoms with van der Waals surface area (Å²) in [6.07, 6.45) is 7.42. The molecule has 2 nitrogen and oxygen atoms in total. The highest BCUT2D eigenvalue weighted by atomic mass is 32.1. The standard InChI is InChI=1S/C13H22N2S/c1-3-5-11-12(9-14-10-7-8-10)16-13(15-11)6-4-2/h10,14H,3-9H2,1-2H3. The van der Waals surface area contributed by atoms with Crippen molar-refractivity contribution in [1.29, 1.82) is 0 Å². The van der Waals surface area contributed by atoms with Gasteiger partial charge in [-0.2, -0.15) is 0 Å². The van der Waals surface area contributed by atoms with Gasteiger partial charge in [-0.25, -0.2) is 4.98 Å². The first-order valence-corrected chi connectivity index (χ1v) is 7.36. The Morgan fingerprint density at radius 3 is 2.62 bits per heavy atom. The molecule has 1 aromatic heterocycles. The molecule has 0 spiro atoms. The second-order valence-electron chi connectivity index (χ2n) is 4.63. The van der Waals surface area contributed by atoms with Gasteiger partial charge in [0.15, 0.2) is 0 Å². The van der Waals surface area contributed by atoms with E-state index in [0.717, 1.165) is 25.4 Å². The van der Waals surface area contributed by atoms with Gasteiger partial charge in [0.05, 0.1) is 10.7 Å². The zero-order chi connectivity index (χ0) is 11.4. The molecule has 0 saturated heterocycles. The molecule has 0 bridgehead atoms. The number of thiazole rings is 1. The third kappa shape index (κ3) is 3.29. The highest BCUT2D eigenvalue weighted by Crippen LogP contribution is 2.24. The van der Waals surface area contributed by atoms with E-state index in [9.17, 15) is 0 Å². The summed E-state index contributed by atoms with van der Waals surface area (Å²) in [5, 5.41) is 4.93. The van der Waals surface area contributed by atoms with Gasteiger partial charge in [-0.3, -0.25) is 0 Å². The van der Waals surface area contributed by atoms with Crippen molar-refractivity contribution in [2.75, 3.05) is 0 Å². The van der Waals surface area contributed by atoms with Crippen LogP contribution in [0.3, 0.4) is 0 Å². The largest absolute Gasteiger partial charge is 0.309 e. The first-order chi connectivity index (χ1) is 7.83.